The molecule has 116 valence electrons. The Balaban J connectivity index is 2.63. The van der Waals surface area contributed by atoms with Crippen LogP contribution in [-0.2, 0) is 9.59 Å². The first-order valence-corrected chi connectivity index (χ1v) is 6.95. The molecular weight excluding hydrogens is 278 g/mol. The molecule has 0 saturated heterocycles. The molecule has 0 aliphatic heterocycles. The molecule has 1 aromatic rings. The van der Waals surface area contributed by atoms with Crippen molar-refractivity contribution < 1.29 is 18.4 Å². The molecule has 0 radical (unpaired) electrons. The van der Waals surface area contributed by atoms with E-state index >= 15 is 0 Å². The van der Waals surface area contributed by atoms with Gasteiger partial charge >= 0.3 is 0 Å². The third kappa shape index (κ3) is 5.49. The largest absolute Gasteiger partial charge is 0.334 e. The number of carbonyl (C=O) groups is 2. The number of anilines is 1. The van der Waals surface area contributed by atoms with Crippen LogP contribution in [0.2, 0.25) is 0 Å². The van der Waals surface area contributed by atoms with Crippen LogP contribution in [0.4, 0.5) is 14.5 Å². The summed E-state index contributed by atoms with van der Waals surface area (Å²) < 4.78 is 26.8. The minimum atomic E-state index is -0.844. The Morgan fingerprint density at radius 3 is 2.33 bits per heavy atom. The van der Waals surface area contributed by atoms with E-state index in [4.69, 9.17) is 0 Å². The van der Waals surface area contributed by atoms with Gasteiger partial charge in [-0.25, -0.2) is 8.78 Å². The van der Waals surface area contributed by atoms with Crippen LogP contribution in [0.25, 0.3) is 0 Å². The van der Waals surface area contributed by atoms with Gasteiger partial charge < -0.3 is 10.2 Å². The van der Waals surface area contributed by atoms with Crippen molar-refractivity contribution in [1.82, 2.24) is 4.90 Å². The quantitative estimate of drug-likeness (QED) is 0.787. The zero-order valence-electron chi connectivity index (χ0n) is 12.3. The molecule has 6 heteroatoms. The first-order chi connectivity index (χ1) is 9.95. The molecule has 0 aromatic heterocycles. The van der Waals surface area contributed by atoms with Gasteiger partial charge in [0.05, 0.1) is 6.54 Å². The third-order valence-electron chi connectivity index (χ3n) is 3.04. The molecule has 4 nitrogen and oxygen atoms in total. The Bertz CT molecular complexity index is 486. The fourth-order valence-electron chi connectivity index (χ4n) is 1.87. The summed E-state index contributed by atoms with van der Waals surface area (Å²) in [5.41, 5.74) is -0.487. The van der Waals surface area contributed by atoms with E-state index in [9.17, 15) is 18.4 Å². The lowest BCUT2D eigenvalue weighted by Gasteiger charge is -2.20. The lowest BCUT2D eigenvalue weighted by Crippen LogP contribution is -2.37. The minimum Gasteiger partial charge on any atom is -0.334 e. The molecule has 1 N–H and O–H groups in total. The normalized spacial score (nSPS) is 10.3. The van der Waals surface area contributed by atoms with Gasteiger partial charge in [-0.15, -0.1) is 0 Å². The molecule has 0 atom stereocenters. The summed E-state index contributed by atoms with van der Waals surface area (Å²) in [6.07, 6.45) is 2.74. The summed E-state index contributed by atoms with van der Waals surface area (Å²) in [5.74, 6) is -2.55. The number of unbranched alkanes of at least 4 members (excludes halogenated alkanes) is 2. The van der Waals surface area contributed by atoms with Crippen molar-refractivity contribution in [3.63, 3.8) is 0 Å². The van der Waals surface area contributed by atoms with Crippen LogP contribution in [0.15, 0.2) is 18.2 Å². The number of nitrogens with zero attached hydrogens (tertiary/aromatic N) is 1. The van der Waals surface area contributed by atoms with E-state index in [-0.39, 0.29) is 12.5 Å². The van der Waals surface area contributed by atoms with Crippen molar-refractivity contribution in [1.29, 1.82) is 0 Å². The molecular formula is C15H20F2N2O2. The molecule has 0 bridgehead atoms. The molecule has 0 heterocycles. The zero-order valence-corrected chi connectivity index (χ0v) is 12.3. The number of hydrogen-bond acceptors (Lipinski definition) is 2. The predicted molar refractivity (Wildman–Crippen MR) is 76.8 cm³/mol. The minimum absolute atomic E-state index is 0.215. The molecule has 0 fully saturated rings. The third-order valence-corrected chi connectivity index (χ3v) is 3.04. The summed E-state index contributed by atoms with van der Waals surface area (Å²) in [7, 11) is 0. The smallest absolute Gasteiger partial charge is 0.244 e. The summed E-state index contributed by atoms with van der Waals surface area (Å²) in [6, 6.07) is 3.33. The number of benzene rings is 1. The predicted octanol–water partition coefficient (Wildman–Crippen LogP) is 2.94. The van der Waals surface area contributed by atoms with E-state index in [1.807, 2.05) is 6.92 Å². The topological polar surface area (TPSA) is 49.4 Å². The molecule has 21 heavy (non-hydrogen) atoms. The summed E-state index contributed by atoms with van der Waals surface area (Å²) >= 11 is 0. The van der Waals surface area contributed by atoms with E-state index in [1.165, 1.54) is 17.9 Å². The van der Waals surface area contributed by atoms with E-state index in [1.54, 1.807) is 0 Å². The van der Waals surface area contributed by atoms with Crippen LogP contribution in [0.5, 0.6) is 0 Å². The highest BCUT2D eigenvalue weighted by molar-refractivity contribution is 5.94. The number of amides is 2. The average Bonchev–Trinajstić information content (AvgIpc) is 2.42. The maximum atomic E-state index is 13.4. The summed E-state index contributed by atoms with van der Waals surface area (Å²) in [4.78, 5) is 24.6. The van der Waals surface area contributed by atoms with Gasteiger partial charge in [0.25, 0.3) is 0 Å². The van der Waals surface area contributed by atoms with Gasteiger partial charge in [0, 0.05) is 13.5 Å². The summed E-state index contributed by atoms with van der Waals surface area (Å²) in [5, 5.41) is 2.17. The highest BCUT2D eigenvalue weighted by Gasteiger charge is 2.16. The Kier molecular flexibility index (Phi) is 6.78. The van der Waals surface area contributed by atoms with Crippen molar-refractivity contribution in [2.75, 3.05) is 18.4 Å². The van der Waals surface area contributed by atoms with Gasteiger partial charge in [-0.3, -0.25) is 9.59 Å². The number of hydrogen-bond donors (Lipinski definition) is 1. The van der Waals surface area contributed by atoms with Crippen molar-refractivity contribution in [3.05, 3.63) is 29.8 Å². The van der Waals surface area contributed by atoms with Crippen LogP contribution >= 0.6 is 0 Å². The Morgan fingerprint density at radius 1 is 1.19 bits per heavy atom. The molecule has 0 aliphatic carbocycles. The molecule has 1 aromatic carbocycles. The fraction of sp³-hybridized carbons (Fsp3) is 0.467. The van der Waals surface area contributed by atoms with Gasteiger partial charge in [-0.05, 0) is 18.6 Å². The van der Waals surface area contributed by atoms with Crippen LogP contribution in [-0.4, -0.2) is 29.8 Å². The fourth-order valence-corrected chi connectivity index (χ4v) is 1.87. The average molecular weight is 298 g/mol. The Hall–Kier alpha value is -1.98. The van der Waals surface area contributed by atoms with Gasteiger partial charge in [0.1, 0.15) is 17.3 Å². The van der Waals surface area contributed by atoms with Crippen molar-refractivity contribution in [2.45, 2.75) is 33.1 Å². The maximum Gasteiger partial charge on any atom is 0.244 e. The number of rotatable bonds is 7. The van der Waals surface area contributed by atoms with Crippen LogP contribution in [0.3, 0.4) is 0 Å². The van der Waals surface area contributed by atoms with Gasteiger partial charge in [-0.1, -0.05) is 25.8 Å². The molecule has 2 amide bonds. The highest BCUT2D eigenvalue weighted by Crippen LogP contribution is 2.17. The van der Waals surface area contributed by atoms with E-state index in [0.29, 0.717) is 6.54 Å². The second kappa shape index (κ2) is 8.34. The monoisotopic (exact) mass is 298 g/mol. The molecule has 1 rings (SSSR count). The second-order valence-electron chi connectivity index (χ2n) is 4.79. The lowest BCUT2D eigenvalue weighted by molar-refractivity contribution is -0.132. The number of para-hydroxylation sites is 1. The zero-order chi connectivity index (χ0) is 15.8. The number of halogens is 2. The standard InChI is InChI=1S/C15H20F2N2O2/c1-3-4-5-9-19(11(2)20)10-14(21)18-15-12(16)7-6-8-13(15)17/h6-8H,3-5,9-10H2,1-2H3,(H,18,21). The second-order valence-corrected chi connectivity index (χ2v) is 4.79. The van der Waals surface area contributed by atoms with Crippen molar-refractivity contribution >= 4 is 17.5 Å². The van der Waals surface area contributed by atoms with Gasteiger partial charge in [-0.2, -0.15) is 0 Å². The Morgan fingerprint density at radius 2 is 1.81 bits per heavy atom. The van der Waals surface area contributed by atoms with Crippen molar-refractivity contribution in [3.8, 4) is 0 Å². The van der Waals surface area contributed by atoms with Crippen molar-refractivity contribution in [2.24, 2.45) is 0 Å². The SMILES string of the molecule is CCCCCN(CC(=O)Nc1c(F)cccc1F)C(C)=O. The molecule has 0 unspecified atom stereocenters. The maximum absolute atomic E-state index is 13.4. The first kappa shape index (κ1) is 17.1. The molecule has 0 aliphatic rings. The van der Waals surface area contributed by atoms with E-state index in [0.717, 1.165) is 31.4 Å². The van der Waals surface area contributed by atoms with Crippen LogP contribution in [0.1, 0.15) is 33.1 Å². The highest BCUT2D eigenvalue weighted by atomic mass is 19.1. The van der Waals surface area contributed by atoms with Gasteiger partial charge in [0.2, 0.25) is 11.8 Å². The van der Waals surface area contributed by atoms with Gasteiger partial charge in [0.15, 0.2) is 0 Å². The van der Waals surface area contributed by atoms with E-state index in [2.05, 4.69) is 5.32 Å². The van der Waals surface area contributed by atoms with Crippen LogP contribution < -0.4 is 5.32 Å². The summed E-state index contributed by atoms with van der Waals surface area (Å²) in [6.45, 7) is 3.64. The first-order valence-electron chi connectivity index (χ1n) is 6.95. The molecule has 0 spiro atoms. The van der Waals surface area contributed by atoms with E-state index < -0.39 is 23.2 Å². The number of nitrogens with one attached hydrogen (secondary N) is 1. The van der Waals surface area contributed by atoms with Crippen LogP contribution in [0, 0.1) is 11.6 Å². The Labute approximate surface area is 123 Å². The molecule has 0 saturated carbocycles. The number of carbonyl (C=O) groups excluding carboxylic acids is 2. The lowest BCUT2D eigenvalue weighted by atomic mass is 10.2.